The molecule has 1 aromatic heterocycles. The third kappa shape index (κ3) is 3.52. The smallest absolute Gasteiger partial charge is 0.355 e. The average molecular weight is 365 g/mol. The quantitative estimate of drug-likeness (QED) is 0.839. The molecule has 0 atom stereocenters. The second-order valence-electron chi connectivity index (χ2n) is 5.77. The number of aromatic amines is 1. The van der Waals surface area contributed by atoms with Crippen LogP contribution in [0.25, 0.3) is 11.3 Å². The Hall–Kier alpha value is -3.61. The molecular formula is C20H19N3O4. The van der Waals surface area contributed by atoms with Crippen molar-refractivity contribution in [1.29, 1.82) is 0 Å². The summed E-state index contributed by atoms with van der Waals surface area (Å²) in [4.78, 5) is 26.5. The molecule has 1 aliphatic heterocycles. The van der Waals surface area contributed by atoms with E-state index in [1.165, 1.54) is 20.3 Å². The largest absolute Gasteiger partial charge is 0.465 e. The van der Waals surface area contributed by atoms with E-state index in [9.17, 15) is 9.59 Å². The molecule has 0 saturated carbocycles. The van der Waals surface area contributed by atoms with Crippen LogP contribution in [-0.4, -0.2) is 36.4 Å². The highest BCUT2D eigenvalue weighted by atomic mass is 16.5. The van der Waals surface area contributed by atoms with Crippen LogP contribution < -0.4 is 4.90 Å². The summed E-state index contributed by atoms with van der Waals surface area (Å²) in [5, 5.41) is 7.22. The normalized spacial score (nSPS) is 13.5. The molecule has 2 aromatic rings. The van der Waals surface area contributed by atoms with Crippen molar-refractivity contribution in [1.82, 2.24) is 10.2 Å². The molecule has 7 heteroatoms. The van der Waals surface area contributed by atoms with Crippen LogP contribution in [0.3, 0.4) is 0 Å². The van der Waals surface area contributed by atoms with Crippen LogP contribution in [0.4, 0.5) is 5.69 Å². The lowest BCUT2D eigenvalue weighted by molar-refractivity contribution is -0.139. The Kier molecular flexibility index (Phi) is 5.21. The van der Waals surface area contributed by atoms with Crippen molar-refractivity contribution in [3.05, 3.63) is 71.7 Å². The standard InChI is InChI=1S/C20H19N3O4/c1-13-12-16(22-21-13)14-8-4-5-10-17(14)23-11-7-6-9-15(19(24)26-2)18(23)20(25)27-3/h4-12H,1-3H3,(H,21,22). The Labute approximate surface area is 156 Å². The van der Waals surface area contributed by atoms with E-state index < -0.39 is 11.9 Å². The molecule has 1 aliphatic rings. The molecule has 1 aromatic carbocycles. The van der Waals surface area contributed by atoms with Gasteiger partial charge in [0.25, 0.3) is 0 Å². The fourth-order valence-electron chi connectivity index (χ4n) is 2.81. The second-order valence-corrected chi connectivity index (χ2v) is 5.77. The Bertz CT molecular complexity index is 969. The summed E-state index contributed by atoms with van der Waals surface area (Å²) in [6, 6.07) is 9.36. The van der Waals surface area contributed by atoms with Gasteiger partial charge in [0.2, 0.25) is 0 Å². The maximum atomic E-state index is 12.6. The van der Waals surface area contributed by atoms with Gasteiger partial charge < -0.3 is 14.4 Å². The molecule has 0 fully saturated rings. The van der Waals surface area contributed by atoms with Crippen LogP contribution in [0.15, 0.2) is 66.0 Å². The first kappa shape index (κ1) is 18.2. The van der Waals surface area contributed by atoms with Crippen molar-refractivity contribution in [2.75, 3.05) is 19.1 Å². The number of carbonyl (C=O) groups excluding carboxylic acids is 2. The van der Waals surface area contributed by atoms with E-state index >= 15 is 0 Å². The van der Waals surface area contributed by atoms with Gasteiger partial charge in [-0.15, -0.1) is 0 Å². The number of benzene rings is 1. The average Bonchev–Trinajstić information content (AvgIpc) is 3.00. The molecule has 0 aliphatic carbocycles. The van der Waals surface area contributed by atoms with Crippen LogP contribution in [0.5, 0.6) is 0 Å². The highest BCUT2D eigenvalue weighted by Gasteiger charge is 2.28. The topological polar surface area (TPSA) is 84.5 Å². The van der Waals surface area contributed by atoms with Gasteiger partial charge in [0.1, 0.15) is 5.70 Å². The molecule has 27 heavy (non-hydrogen) atoms. The third-order valence-electron chi connectivity index (χ3n) is 4.03. The van der Waals surface area contributed by atoms with E-state index in [0.717, 1.165) is 17.0 Å². The van der Waals surface area contributed by atoms with Gasteiger partial charge in [0, 0.05) is 17.5 Å². The van der Waals surface area contributed by atoms with E-state index in [0.29, 0.717) is 5.69 Å². The lowest BCUT2D eigenvalue weighted by Gasteiger charge is -2.25. The molecule has 3 rings (SSSR count). The van der Waals surface area contributed by atoms with Crippen molar-refractivity contribution >= 4 is 17.6 Å². The Morgan fingerprint density at radius 2 is 1.81 bits per heavy atom. The number of para-hydroxylation sites is 1. The van der Waals surface area contributed by atoms with Crippen LogP contribution >= 0.6 is 0 Å². The number of nitrogens with zero attached hydrogens (tertiary/aromatic N) is 2. The van der Waals surface area contributed by atoms with Crippen LogP contribution in [0.1, 0.15) is 5.69 Å². The number of allylic oxidation sites excluding steroid dienone is 2. The Morgan fingerprint density at radius 1 is 1.07 bits per heavy atom. The van der Waals surface area contributed by atoms with Gasteiger partial charge >= 0.3 is 11.9 Å². The number of carbonyl (C=O) groups is 2. The zero-order chi connectivity index (χ0) is 19.4. The van der Waals surface area contributed by atoms with Crippen LogP contribution in [0, 0.1) is 6.92 Å². The van der Waals surface area contributed by atoms with Gasteiger partial charge in [0.15, 0.2) is 0 Å². The molecule has 1 N–H and O–H groups in total. The van der Waals surface area contributed by atoms with Crippen molar-refractivity contribution in [2.45, 2.75) is 6.92 Å². The first-order valence-corrected chi connectivity index (χ1v) is 8.23. The summed E-state index contributed by atoms with van der Waals surface area (Å²) in [6.45, 7) is 1.91. The van der Waals surface area contributed by atoms with Crippen molar-refractivity contribution in [3.63, 3.8) is 0 Å². The van der Waals surface area contributed by atoms with Crippen molar-refractivity contribution in [2.24, 2.45) is 0 Å². The summed E-state index contributed by atoms with van der Waals surface area (Å²) in [7, 11) is 2.53. The minimum absolute atomic E-state index is 0.0639. The summed E-state index contributed by atoms with van der Waals surface area (Å²) in [5.74, 6) is -1.28. The highest BCUT2D eigenvalue weighted by Crippen LogP contribution is 2.34. The fourth-order valence-corrected chi connectivity index (χ4v) is 2.81. The van der Waals surface area contributed by atoms with Gasteiger partial charge in [-0.05, 0) is 31.2 Å². The van der Waals surface area contributed by atoms with E-state index in [4.69, 9.17) is 9.47 Å². The molecule has 0 radical (unpaired) electrons. The zero-order valence-corrected chi connectivity index (χ0v) is 15.2. The third-order valence-corrected chi connectivity index (χ3v) is 4.03. The van der Waals surface area contributed by atoms with E-state index in [-0.39, 0.29) is 11.3 Å². The Morgan fingerprint density at radius 3 is 2.48 bits per heavy atom. The monoisotopic (exact) mass is 365 g/mol. The minimum Gasteiger partial charge on any atom is -0.465 e. The maximum Gasteiger partial charge on any atom is 0.355 e. The zero-order valence-electron chi connectivity index (χ0n) is 15.2. The van der Waals surface area contributed by atoms with Gasteiger partial charge in [-0.3, -0.25) is 5.10 Å². The summed E-state index contributed by atoms with van der Waals surface area (Å²) in [5.41, 5.74) is 3.26. The molecule has 0 bridgehead atoms. The first-order valence-electron chi connectivity index (χ1n) is 8.23. The Balaban J connectivity index is 2.23. The molecule has 0 unspecified atom stereocenters. The highest BCUT2D eigenvalue weighted by molar-refractivity contribution is 6.06. The number of ether oxygens (including phenoxy) is 2. The molecule has 138 valence electrons. The number of anilines is 1. The molecule has 2 heterocycles. The molecular weight excluding hydrogens is 346 g/mol. The number of aryl methyl sites for hydroxylation is 1. The lowest BCUT2D eigenvalue weighted by Crippen LogP contribution is -2.27. The van der Waals surface area contributed by atoms with Gasteiger partial charge in [-0.2, -0.15) is 5.10 Å². The van der Waals surface area contributed by atoms with Crippen molar-refractivity contribution in [3.8, 4) is 11.3 Å². The summed E-state index contributed by atoms with van der Waals surface area (Å²) in [6.07, 6.45) is 6.61. The number of hydrogen-bond donors (Lipinski definition) is 1. The fraction of sp³-hybridized carbons (Fsp3) is 0.150. The van der Waals surface area contributed by atoms with Crippen LogP contribution in [0.2, 0.25) is 0 Å². The van der Waals surface area contributed by atoms with Gasteiger partial charge in [0.05, 0.1) is 31.2 Å². The number of nitrogens with one attached hydrogen (secondary N) is 1. The van der Waals surface area contributed by atoms with E-state index in [1.54, 1.807) is 23.3 Å². The first-order chi connectivity index (χ1) is 13.1. The van der Waals surface area contributed by atoms with E-state index in [1.807, 2.05) is 37.3 Å². The number of rotatable bonds is 4. The van der Waals surface area contributed by atoms with Crippen molar-refractivity contribution < 1.29 is 19.1 Å². The van der Waals surface area contributed by atoms with E-state index in [2.05, 4.69) is 10.2 Å². The molecule has 0 saturated heterocycles. The van der Waals surface area contributed by atoms with Crippen LogP contribution in [-0.2, 0) is 19.1 Å². The summed E-state index contributed by atoms with van der Waals surface area (Å²) < 4.78 is 9.78. The number of hydrogen-bond acceptors (Lipinski definition) is 6. The second kappa shape index (κ2) is 7.74. The number of H-pyrrole nitrogens is 1. The van der Waals surface area contributed by atoms with Gasteiger partial charge in [-0.1, -0.05) is 24.3 Å². The maximum absolute atomic E-state index is 12.6. The lowest BCUT2D eigenvalue weighted by atomic mass is 10.1. The number of esters is 2. The summed E-state index contributed by atoms with van der Waals surface area (Å²) >= 11 is 0. The minimum atomic E-state index is -0.653. The predicted molar refractivity (Wildman–Crippen MR) is 101 cm³/mol. The molecule has 0 amide bonds. The predicted octanol–water partition coefficient (Wildman–Crippen LogP) is 2.88. The SMILES string of the molecule is COC(=O)C1=C(C(=O)OC)N(c2ccccc2-c2cc(C)[nH]n2)C=CC=C1. The number of methoxy groups -OCH3 is 2. The molecule has 0 spiro atoms. The number of aromatic nitrogens is 2. The van der Waals surface area contributed by atoms with Gasteiger partial charge in [-0.25, -0.2) is 9.59 Å². The molecule has 7 nitrogen and oxygen atoms in total.